The van der Waals surface area contributed by atoms with Gasteiger partial charge in [0.15, 0.2) is 10.6 Å². The molecule has 3 aromatic rings. The smallest absolute Gasteiger partial charge is 0.178 e. The Morgan fingerprint density at radius 2 is 1.67 bits per heavy atom. The Kier molecular flexibility index (Phi) is 3.29. The molecule has 0 saturated carbocycles. The third-order valence-corrected chi connectivity index (χ3v) is 3.47. The summed E-state index contributed by atoms with van der Waals surface area (Å²) >= 11 is 5.05. The first-order valence-electron chi connectivity index (χ1n) is 5.97. The van der Waals surface area contributed by atoms with Gasteiger partial charge in [-0.05, 0) is 24.4 Å². The fourth-order valence-corrected chi connectivity index (χ4v) is 2.42. The van der Waals surface area contributed by atoms with Crippen molar-refractivity contribution in [2.45, 2.75) is 6.54 Å². The molecule has 0 atom stereocenters. The van der Waals surface area contributed by atoms with E-state index in [4.69, 9.17) is 12.2 Å². The summed E-state index contributed by atoms with van der Waals surface area (Å²) in [5.41, 5.74) is 0.392. The minimum Gasteiger partial charge on any atom is -0.328 e. The molecule has 21 heavy (non-hydrogen) atoms. The molecule has 0 spiro atoms. The van der Waals surface area contributed by atoms with Gasteiger partial charge in [0.1, 0.15) is 23.0 Å². The van der Waals surface area contributed by atoms with Crippen LogP contribution in [0.5, 0.6) is 0 Å². The molecule has 0 aliphatic heterocycles. The Bertz CT molecular complexity index is 898. The molecule has 108 valence electrons. The lowest BCUT2D eigenvalue weighted by Crippen LogP contribution is -2.02. The highest BCUT2D eigenvalue weighted by molar-refractivity contribution is 7.71. The summed E-state index contributed by atoms with van der Waals surface area (Å²) in [6.45, 7) is -0.0617. The van der Waals surface area contributed by atoms with E-state index < -0.39 is 23.3 Å². The predicted octanol–water partition coefficient (Wildman–Crippen LogP) is 4.30. The first kappa shape index (κ1) is 13.8. The molecule has 2 nitrogen and oxygen atoms in total. The van der Waals surface area contributed by atoms with Crippen molar-refractivity contribution in [1.29, 1.82) is 0 Å². The Morgan fingerprint density at radius 1 is 0.952 bits per heavy atom. The zero-order valence-corrected chi connectivity index (χ0v) is 11.3. The first-order valence-corrected chi connectivity index (χ1v) is 6.38. The molecule has 1 heterocycles. The number of H-pyrrole nitrogens is 1. The fourth-order valence-electron chi connectivity index (χ4n) is 2.16. The van der Waals surface area contributed by atoms with Crippen molar-refractivity contribution in [3.63, 3.8) is 0 Å². The van der Waals surface area contributed by atoms with Gasteiger partial charge in [-0.1, -0.05) is 6.07 Å². The summed E-state index contributed by atoms with van der Waals surface area (Å²) in [7, 11) is 0. The standard InChI is InChI=1S/C14H8F4N2S/c15-8-2-1-7(10(17)3-8)6-20-12-5-9(16)4-11(18)13(12)19-14(20)21/h1-5H,6H2,(H,19,21). The van der Waals surface area contributed by atoms with Crippen molar-refractivity contribution in [2.24, 2.45) is 0 Å². The highest BCUT2D eigenvalue weighted by atomic mass is 32.1. The Balaban J connectivity index is 2.16. The number of benzene rings is 2. The van der Waals surface area contributed by atoms with Crippen molar-refractivity contribution < 1.29 is 17.6 Å². The van der Waals surface area contributed by atoms with Crippen LogP contribution >= 0.6 is 12.2 Å². The van der Waals surface area contributed by atoms with Gasteiger partial charge in [-0.15, -0.1) is 0 Å². The van der Waals surface area contributed by atoms with Crippen LogP contribution in [0.25, 0.3) is 11.0 Å². The van der Waals surface area contributed by atoms with Crippen LogP contribution in [0.2, 0.25) is 0 Å². The lowest BCUT2D eigenvalue weighted by Gasteiger charge is -2.06. The highest BCUT2D eigenvalue weighted by Crippen LogP contribution is 2.21. The van der Waals surface area contributed by atoms with Crippen molar-refractivity contribution in [3.8, 4) is 0 Å². The van der Waals surface area contributed by atoms with E-state index in [0.29, 0.717) is 0 Å². The number of fused-ring (bicyclic) bond motifs is 1. The van der Waals surface area contributed by atoms with E-state index in [9.17, 15) is 17.6 Å². The number of hydrogen-bond acceptors (Lipinski definition) is 1. The molecule has 0 saturated heterocycles. The van der Waals surface area contributed by atoms with Crippen molar-refractivity contribution in [1.82, 2.24) is 9.55 Å². The number of halogens is 4. The van der Waals surface area contributed by atoms with Crippen LogP contribution in [0.3, 0.4) is 0 Å². The molecular formula is C14H8F4N2S. The maximum absolute atomic E-state index is 13.7. The minimum atomic E-state index is -0.783. The van der Waals surface area contributed by atoms with Gasteiger partial charge in [-0.2, -0.15) is 0 Å². The summed E-state index contributed by atoms with van der Waals surface area (Å²) in [6.07, 6.45) is 0. The second-order valence-corrected chi connectivity index (χ2v) is 4.92. The van der Waals surface area contributed by atoms with Gasteiger partial charge in [-0.3, -0.25) is 0 Å². The van der Waals surface area contributed by atoms with Crippen LogP contribution in [0.4, 0.5) is 17.6 Å². The quantitative estimate of drug-likeness (QED) is 0.552. The summed E-state index contributed by atoms with van der Waals surface area (Å²) in [5, 5.41) is 0. The maximum Gasteiger partial charge on any atom is 0.178 e. The Labute approximate surface area is 121 Å². The van der Waals surface area contributed by atoms with Gasteiger partial charge < -0.3 is 9.55 Å². The maximum atomic E-state index is 13.7. The second kappa shape index (κ2) is 5.00. The first-order chi connectivity index (χ1) is 9.95. The number of imidazole rings is 1. The third kappa shape index (κ3) is 2.44. The Morgan fingerprint density at radius 3 is 2.38 bits per heavy atom. The second-order valence-electron chi connectivity index (χ2n) is 4.53. The molecule has 2 aromatic carbocycles. The van der Waals surface area contributed by atoms with Crippen molar-refractivity contribution in [3.05, 3.63) is 63.9 Å². The van der Waals surface area contributed by atoms with Gasteiger partial charge in [-0.25, -0.2) is 17.6 Å². The normalized spacial score (nSPS) is 11.2. The van der Waals surface area contributed by atoms with E-state index in [-0.39, 0.29) is 27.9 Å². The largest absolute Gasteiger partial charge is 0.328 e. The van der Waals surface area contributed by atoms with Gasteiger partial charge >= 0.3 is 0 Å². The topological polar surface area (TPSA) is 20.7 Å². The fraction of sp³-hybridized carbons (Fsp3) is 0.0714. The van der Waals surface area contributed by atoms with Crippen molar-refractivity contribution >= 4 is 23.3 Å². The molecule has 3 rings (SSSR count). The molecule has 1 N–H and O–H groups in total. The molecule has 0 aliphatic rings. The predicted molar refractivity (Wildman–Crippen MR) is 72.5 cm³/mol. The van der Waals surface area contributed by atoms with Crippen LogP contribution in [-0.2, 0) is 6.54 Å². The summed E-state index contributed by atoms with van der Waals surface area (Å²) in [4.78, 5) is 2.61. The number of hydrogen-bond donors (Lipinski definition) is 1. The molecule has 0 unspecified atom stereocenters. The molecule has 0 radical (unpaired) electrons. The zero-order chi connectivity index (χ0) is 15.1. The molecular weight excluding hydrogens is 304 g/mol. The zero-order valence-electron chi connectivity index (χ0n) is 10.5. The average molecular weight is 312 g/mol. The molecule has 0 aliphatic carbocycles. The van der Waals surface area contributed by atoms with Gasteiger partial charge in [0.2, 0.25) is 0 Å². The SMILES string of the molecule is Fc1ccc(Cn2c(=S)[nH]c3c(F)cc(F)cc32)c(F)c1. The number of aromatic nitrogens is 2. The van der Waals surface area contributed by atoms with Crippen LogP contribution in [0.1, 0.15) is 5.56 Å². The number of aromatic amines is 1. The van der Waals surface area contributed by atoms with E-state index in [1.165, 1.54) is 10.6 Å². The molecule has 1 aromatic heterocycles. The van der Waals surface area contributed by atoms with Crippen LogP contribution in [-0.4, -0.2) is 9.55 Å². The number of rotatable bonds is 2. The lowest BCUT2D eigenvalue weighted by atomic mass is 10.2. The van der Waals surface area contributed by atoms with E-state index in [0.717, 1.165) is 24.3 Å². The van der Waals surface area contributed by atoms with E-state index >= 15 is 0 Å². The van der Waals surface area contributed by atoms with Crippen molar-refractivity contribution in [2.75, 3.05) is 0 Å². The van der Waals surface area contributed by atoms with Gasteiger partial charge in [0.25, 0.3) is 0 Å². The monoisotopic (exact) mass is 312 g/mol. The average Bonchev–Trinajstić information content (AvgIpc) is 2.70. The highest BCUT2D eigenvalue weighted by Gasteiger charge is 2.13. The van der Waals surface area contributed by atoms with E-state index in [1.807, 2.05) is 0 Å². The van der Waals surface area contributed by atoms with Crippen LogP contribution in [0.15, 0.2) is 30.3 Å². The molecule has 0 bridgehead atoms. The molecule has 0 fully saturated rings. The van der Waals surface area contributed by atoms with E-state index in [1.54, 1.807) is 0 Å². The summed E-state index contributed by atoms with van der Waals surface area (Å²) < 4.78 is 55.0. The van der Waals surface area contributed by atoms with E-state index in [2.05, 4.69) is 4.98 Å². The van der Waals surface area contributed by atoms with Gasteiger partial charge in [0.05, 0.1) is 12.1 Å². The van der Waals surface area contributed by atoms with Gasteiger partial charge in [0, 0.05) is 17.7 Å². The lowest BCUT2D eigenvalue weighted by molar-refractivity contribution is 0.566. The van der Waals surface area contributed by atoms with Crippen LogP contribution < -0.4 is 0 Å². The third-order valence-electron chi connectivity index (χ3n) is 3.15. The molecule has 7 heteroatoms. The number of nitrogens with zero attached hydrogens (tertiary/aromatic N) is 1. The number of nitrogens with one attached hydrogen (secondary N) is 1. The summed E-state index contributed by atoms with van der Waals surface area (Å²) in [5.74, 6) is -2.99. The minimum absolute atomic E-state index is 0.0453. The molecule has 0 amide bonds. The Hall–Kier alpha value is -2.15. The summed E-state index contributed by atoms with van der Waals surface area (Å²) in [6, 6.07) is 4.95. The van der Waals surface area contributed by atoms with Crippen LogP contribution in [0, 0.1) is 28.0 Å².